The molecule has 0 aliphatic heterocycles. The van der Waals surface area contributed by atoms with Gasteiger partial charge in [-0.2, -0.15) is 5.10 Å². The second kappa shape index (κ2) is 6.04. The molecule has 118 valence electrons. The van der Waals surface area contributed by atoms with Gasteiger partial charge in [-0.3, -0.25) is 9.88 Å². The summed E-state index contributed by atoms with van der Waals surface area (Å²) in [6.07, 6.45) is 3.66. The van der Waals surface area contributed by atoms with Crippen LogP contribution in [0.5, 0.6) is 0 Å². The van der Waals surface area contributed by atoms with Crippen molar-refractivity contribution in [2.75, 3.05) is 11.9 Å². The molecule has 0 spiro atoms. The van der Waals surface area contributed by atoms with Gasteiger partial charge in [0.2, 0.25) is 0 Å². The van der Waals surface area contributed by atoms with Crippen molar-refractivity contribution in [3.8, 4) is 5.69 Å². The van der Waals surface area contributed by atoms with Gasteiger partial charge in [0, 0.05) is 13.1 Å². The van der Waals surface area contributed by atoms with E-state index in [1.807, 2.05) is 0 Å². The summed E-state index contributed by atoms with van der Waals surface area (Å²) in [4.78, 5) is 17.2. The SMILES string of the molecule is CN(C(=O)OC(C)(C)C)c1cn(-c2cncc(F)c2)nc1Br. The van der Waals surface area contributed by atoms with Gasteiger partial charge >= 0.3 is 6.09 Å². The number of ether oxygens (including phenoxy) is 1. The van der Waals surface area contributed by atoms with E-state index in [2.05, 4.69) is 26.0 Å². The van der Waals surface area contributed by atoms with Gasteiger partial charge in [-0.1, -0.05) is 0 Å². The molecule has 22 heavy (non-hydrogen) atoms. The topological polar surface area (TPSA) is 60.2 Å². The molecule has 2 rings (SSSR count). The maximum Gasteiger partial charge on any atom is 0.414 e. The molecular weight excluding hydrogens is 355 g/mol. The average Bonchev–Trinajstić information content (AvgIpc) is 2.78. The van der Waals surface area contributed by atoms with Gasteiger partial charge in [0.25, 0.3) is 0 Å². The first-order valence-electron chi connectivity index (χ1n) is 6.50. The fraction of sp³-hybridized carbons (Fsp3) is 0.357. The first-order valence-corrected chi connectivity index (χ1v) is 7.29. The van der Waals surface area contributed by atoms with Crippen molar-refractivity contribution in [2.45, 2.75) is 26.4 Å². The molecule has 0 aromatic carbocycles. The number of hydrogen-bond donors (Lipinski definition) is 0. The average molecular weight is 371 g/mol. The summed E-state index contributed by atoms with van der Waals surface area (Å²) in [5.74, 6) is -0.467. The van der Waals surface area contributed by atoms with Gasteiger partial charge in [-0.05, 0) is 36.7 Å². The molecule has 0 fully saturated rings. The minimum atomic E-state index is -0.597. The lowest BCUT2D eigenvalue weighted by Gasteiger charge is -2.24. The van der Waals surface area contributed by atoms with E-state index in [0.717, 1.165) is 6.20 Å². The predicted octanol–water partition coefficient (Wildman–Crippen LogP) is 3.54. The lowest BCUT2D eigenvalue weighted by Crippen LogP contribution is -2.34. The van der Waals surface area contributed by atoms with E-state index < -0.39 is 17.5 Å². The molecule has 0 atom stereocenters. The van der Waals surface area contributed by atoms with Gasteiger partial charge in [-0.25, -0.2) is 13.9 Å². The molecule has 0 aliphatic carbocycles. The van der Waals surface area contributed by atoms with E-state index in [0.29, 0.717) is 16.0 Å². The summed E-state index contributed by atoms with van der Waals surface area (Å²) in [6.45, 7) is 5.36. The summed E-state index contributed by atoms with van der Waals surface area (Å²) in [5.41, 5.74) is 0.350. The number of anilines is 1. The molecule has 0 N–H and O–H groups in total. The summed E-state index contributed by atoms with van der Waals surface area (Å²) in [5, 5.41) is 4.20. The second-order valence-corrected chi connectivity index (χ2v) is 6.40. The highest BCUT2D eigenvalue weighted by Gasteiger charge is 2.23. The minimum Gasteiger partial charge on any atom is -0.443 e. The molecule has 0 saturated heterocycles. The molecule has 6 nitrogen and oxygen atoms in total. The monoisotopic (exact) mass is 370 g/mol. The lowest BCUT2D eigenvalue weighted by molar-refractivity contribution is 0.0589. The normalized spacial score (nSPS) is 11.4. The van der Waals surface area contributed by atoms with E-state index in [1.165, 1.54) is 21.8 Å². The predicted molar refractivity (Wildman–Crippen MR) is 83.7 cm³/mol. The number of carbonyl (C=O) groups excluding carboxylic acids is 1. The van der Waals surface area contributed by atoms with Crippen LogP contribution in [0, 0.1) is 5.82 Å². The first kappa shape index (κ1) is 16.4. The molecule has 0 unspecified atom stereocenters. The molecule has 2 aromatic rings. The Kier molecular flexibility index (Phi) is 4.50. The molecule has 8 heteroatoms. The molecule has 0 saturated carbocycles. The summed E-state index contributed by atoms with van der Waals surface area (Å²) in [7, 11) is 1.57. The van der Waals surface area contributed by atoms with Crippen LogP contribution in [0.3, 0.4) is 0 Å². The standard InChI is InChI=1S/C14H16BrFN4O2/c1-14(2,3)22-13(21)19(4)11-8-20(18-12(11)15)10-5-9(16)6-17-7-10/h5-8H,1-4H3. The largest absolute Gasteiger partial charge is 0.443 e. The van der Waals surface area contributed by atoms with Gasteiger partial charge in [-0.15, -0.1) is 0 Å². The maximum absolute atomic E-state index is 13.2. The third kappa shape index (κ3) is 3.82. The molecule has 0 aliphatic rings. The van der Waals surface area contributed by atoms with Crippen molar-refractivity contribution in [3.63, 3.8) is 0 Å². The molecular formula is C14H16BrFN4O2. The van der Waals surface area contributed by atoms with Crippen LogP contribution in [0.15, 0.2) is 29.3 Å². The Bertz CT molecular complexity index is 696. The second-order valence-electron chi connectivity index (χ2n) is 5.65. The van der Waals surface area contributed by atoms with Crippen molar-refractivity contribution in [1.82, 2.24) is 14.8 Å². The van der Waals surface area contributed by atoms with Crippen LogP contribution >= 0.6 is 15.9 Å². The fourth-order valence-electron chi connectivity index (χ4n) is 1.66. The summed E-state index contributed by atoms with van der Waals surface area (Å²) >= 11 is 3.29. The Labute approximate surface area is 136 Å². The third-order valence-electron chi connectivity index (χ3n) is 2.64. The molecule has 1 amide bonds. The number of pyridine rings is 1. The molecule has 2 aromatic heterocycles. The van der Waals surface area contributed by atoms with Gasteiger partial charge in [0.15, 0.2) is 4.60 Å². The number of hydrogen-bond acceptors (Lipinski definition) is 4. The third-order valence-corrected chi connectivity index (χ3v) is 3.20. The number of nitrogens with zero attached hydrogens (tertiary/aromatic N) is 4. The van der Waals surface area contributed by atoms with E-state index in [9.17, 15) is 9.18 Å². The van der Waals surface area contributed by atoms with E-state index >= 15 is 0 Å². The van der Waals surface area contributed by atoms with Gasteiger partial charge < -0.3 is 4.74 Å². The number of amides is 1. The summed E-state index contributed by atoms with van der Waals surface area (Å²) in [6, 6.07) is 1.30. The van der Waals surface area contributed by atoms with Crippen molar-refractivity contribution in [1.29, 1.82) is 0 Å². The Balaban J connectivity index is 2.28. The minimum absolute atomic E-state index is 0.435. The number of aromatic nitrogens is 3. The number of halogens is 2. The van der Waals surface area contributed by atoms with Crippen molar-refractivity contribution >= 4 is 27.7 Å². The summed E-state index contributed by atoms with van der Waals surface area (Å²) < 4.78 is 20.4. The zero-order valence-electron chi connectivity index (χ0n) is 12.7. The van der Waals surface area contributed by atoms with Crippen LogP contribution in [0.4, 0.5) is 14.9 Å². The smallest absolute Gasteiger partial charge is 0.414 e. The highest BCUT2D eigenvalue weighted by molar-refractivity contribution is 9.10. The van der Waals surface area contributed by atoms with E-state index in [1.54, 1.807) is 34.0 Å². The van der Waals surface area contributed by atoms with Gasteiger partial charge in [0.05, 0.1) is 30.0 Å². The van der Waals surface area contributed by atoms with Crippen LogP contribution in [0.1, 0.15) is 20.8 Å². The Morgan fingerprint density at radius 3 is 2.68 bits per heavy atom. The van der Waals surface area contributed by atoms with E-state index in [-0.39, 0.29) is 0 Å². The lowest BCUT2D eigenvalue weighted by atomic mass is 10.2. The van der Waals surface area contributed by atoms with E-state index in [4.69, 9.17) is 4.74 Å². The zero-order valence-corrected chi connectivity index (χ0v) is 14.3. The molecule has 0 radical (unpaired) electrons. The van der Waals surface area contributed by atoms with Crippen LogP contribution in [-0.2, 0) is 4.74 Å². The van der Waals surface area contributed by atoms with Crippen LogP contribution in [0.2, 0.25) is 0 Å². The Hall–Kier alpha value is -1.96. The highest BCUT2D eigenvalue weighted by Crippen LogP contribution is 2.26. The first-order chi connectivity index (χ1) is 10.2. The molecule has 2 heterocycles. The Morgan fingerprint density at radius 2 is 2.09 bits per heavy atom. The van der Waals surface area contributed by atoms with Crippen LogP contribution in [-0.4, -0.2) is 33.5 Å². The highest BCUT2D eigenvalue weighted by atomic mass is 79.9. The van der Waals surface area contributed by atoms with Crippen molar-refractivity contribution < 1.29 is 13.9 Å². The number of rotatable bonds is 2. The Morgan fingerprint density at radius 1 is 1.41 bits per heavy atom. The molecule has 0 bridgehead atoms. The quantitative estimate of drug-likeness (QED) is 0.810. The van der Waals surface area contributed by atoms with Crippen LogP contribution < -0.4 is 4.90 Å². The maximum atomic E-state index is 13.2. The van der Waals surface area contributed by atoms with Gasteiger partial charge in [0.1, 0.15) is 11.4 Å². The van der Waals surface area contributed by atoms with Crippen molar-refractivity contribution in [2.24, 2.45) is 0 Å². The fourth-order valence-corrected chi connectivity index (χ4v) is 2.19. The zero-order chi connectivity index (χ0) is 16.5. The van der Waals surface area contributed by atoms with Crippen LogP contribution in [0.25, 0.3) is 5.69 Å². The van der Waals surface area contributed by atoms with Crippen molar-refractivity contribution in [3.05, 3.63) is 35.1 Å². The number of carbonyl (C=O) groups is 1.